The van der Waals surface area contributed by atoms with Gasteiger partial charge in [0.25, 0.3) is 5.91 Å². The monoisotopic (exact) mass is 625 g/mol. The lowest BCUT2D eigenvalue weighted by molar-refractivity contribution is -0.113. The number of aliphatic imine (C=N–C) groups is 1. The first-order valence-corrected chi connectivity index (χ1v) is 16.4. The van der Waals surface area contributed by atoms with E-state index in [0.29, 0.717) is 11.5 Å². The van der Waals surface area contributed by atoms with Gasteiger partial charge < -0.3 is 9.64 Å². The van der Waals surface area contributed by atoms with Crippen molar-refractivity contribution < 1.29 is 9.53 Å². The number of thioether (sulfide) groups is 1. The van der Waals surface area contributed by atoms with Crippen LogP contribution in [0, 0.1) is 6.92 Å². The lowest BCUT2D eigenvalue weighted by Gasteiger charge is -2.35. The van der Waals surface area contributed by atoms with Crippen molar-refractivity contribution in [2.24, 2.45) is 4.99 Å². The SMILES string of the molecule is Cc1ccc(COc2cccc(-c3nn(-c4ccccc4)cc3C=C3SC(N4CCN(Cc5ccccc5)CC4)=NC3=O)c2)cc1. The Labute approximate surface area is 273 Å². The minimum Gasteiger partial charge on any atom is -0.489 e. The number of aryl methyl sites for hydroxylation is 1. The van der Waals surface area contributed by atoms with E-state index in [4.69, 9.17) is 9.84 Å². The van der Waals surface area contributed by atoms with Crippen LogP contribution in [0.5, 0.6) is 5.75 Å². The molecule has 7 nitrogen and oxygen atoms in total. The highest BCUT2D eigenvalue weighted by molar-refractivity contribution is 8.18. The molecule has 5 aromatic rings. The van der Waals surface area contributed by atoms with Crippen molar-refractivity contribution in [2.75, 3.05) is 26.2 Å². The van der Waals surface area contributed by atoms with Gasteiger partial charge in [0, 0.05) is 50.0 Å². The largest absolute Gasteiger partial charge is 0.489 e. The van der Waals surface area contributed by atoms with E-state index >= 15 is 0 Å². The third-order valence-corrected chi connectivity index (χ3v) is 9.23. The fraction of sp³-hybridized carbons (Fsp3) is 0.184. The number of aromatic nitrogens is 2. The molecule has 7 rings (SSSR count). The zero-order valence-corrected chi connectivity index (χ0v) is 26.6. The Balaban J connectivity index is 1.10. The second-order valence-corrected chi connectivity index (χ2v) is 12.6. The molecule has 46 heavy (non-hydrogen) atoms. The molecule has 230 valence electrons. The average Bonchev–Trinajstić information content (AvgIpc) is 3.69. The van der Waals surface area contributed by atoms with E-state index in [1.54, 1.807) is 0 Å². The third-order valence-electron chi connectivity index (χ3n) is 8.18. The standard InChI is InChI=1S/C38H35N5O2S/c1-28-15-17-30(18-16-28)27-45-34-14-8-11-31(23-34)36-32(26-43(40-36)33-12-6-3-7-13-33)24-35-37(44)39-38(46-35)42-21-19-41(20-22-42)25-29-9-4-2-5-10-29/h2-18,23-24,26H,19-22,25,27H2,1H3. The zero-order chi connectivity index (χ0) is 31.3. The zero-order valence-electron chi connectivity index (χ0n) is 25.8. The van der Waals surface area contributed by atoms with E-state index in [-0.39, 0.29) is 5.91 Å². The summed E-state index contributed by atoms with van der Waals surface area (Å²) in [7, 11) is 0. The number of carbonyl (C=O) groups excluding carboxylic acids is 1. The summed E-state index contributed by atoms with van der Waals surface area (Å²) in [4.78, 5) is 22.9. The van der Waals surface area contributed by atoms with E-state index in [2.05, 4.69) is 70.2 Å². The molecule has 1 saturated heterocycles. The van der Waals surface area contributed by atoms with Gasteiger partial charge in [-0.05, 0) is 60.2 Å². The van der Waals surface area contributed by atoms with Crippen LogP contribution in [0.3, 0.4) is 0 Å². The normalized spacial score (nSPS) is 16.2. The molecular weight excluding hydrogens is 591 g/mol. The number of para-hydroxylation sites is 1. The van der Waals surface area contributed by atoms with Crippen LogP contribution in [0.1, 0.15) is 22.3 Å². The molecule has 0 saturated carbocycles. The van der Waals surface area contributed by atoms with Gasteiger partial charge in [-0.3, -0.25) is 9.69 Å². The first kappa shape index (κ1) is 29.8. The molecule has 0 N–H and O–H groups in total. The van der Waals surface area contributed by atoms with Crippen molar-refractivity contribution in [1.29, 1.82) is 0 Å². The van der Waals surface area contributed by atoms with Gasteiger partial charge in [-0.1, -0.05) is 90.5 Å². The fourth-order valence-electron chi connectivity index (χ4n) is 5.63. The van der Waals surface area contributed by atoms with Gasteiger partial charge in [0.1, 0.15) is 18.1 Å². The molecule has 0 spiro atoms. The van der Waals surface area contributed by atoms with Crippen molar-refractivity contribution in [2.45, 2.75) is 20.1 Å². The number of carbonyl (C=O) groups is 1. The summed E-state index contributed by atoms with van der Waals surface area (Å²) in [6, 6.07) is 36.9. The van der Waals surface area contributed by atoms with Gasteiger partial charge in [-0.25, -0.2) is 4.68 Å². The molecule has 0 radical (unpaired) electrons. The number of amidine groups is 1. The molecule has 2 aliphatic rings. The molecule has 1 aromatic heterocycles. The van der Waals surface area contributed by atoms with Gasteiger partial charge in [0.2, 0.25) is 0 Å². The van der Waals surface area contributed by atoms with Crippen LogP contribution in [0.4, 0.5) is 0 Å². The van der Waals surface area contributed by atoms with Crippen LogP contribution < -0.4 is 4.74 Å². The van der Waals surface area contributed by atoms with Crippen LogP contribution in [0.2, 0.25) is 0 Å². The molecule has 0 atom stereocenters. The molecule has 8 heteroatoms. The minimum atomic E-state index is -0.208. The van der Waals surface area contributed by atoms with Crippen molar-refractivity contribution in [3.63, 3.8) is 0 Å². The molecule has 4 aromatic carbocycles. The number of rotatable bonds is 8. The maximum atomic E-state index is 13.2. The Kier molecular flexibility index (Phi) is 8.80. The topological polar surface area (TPSA) is 63.0 Å². The highest BCUT2D eigenvalue weighted by atomic mass is 32.2. The number of piperazine rings is 1. The van der Waals surface area contributed by atoms with E-state index in [1.807, 2.05) is 77.6 Å². The smallest absolute Gasteiger partial charge is 0.286 e. The number of ether oxygens (including phenoxy) is 1. The quantitative estimate of drug-likeness (QED) is 0.170. The maximum Gasteiger partial charge on any atom is 0.286 e. The minimum absolute atomic E-state index is 0.208. The maximum absolute atomic E-state index is 13.2. The highest BCUT2D eigenvalue weighted by Crippen LogP contribution is 2.34. The predicted molar refractivity (Wildman–Crippen MR) is 186 cm³/mol. The van der Waals surface area contributed by atoms with Crippen LogP contribution in [0.25, 0.3) is 23.0 Å². The van der Waals surface area contributed by atoms with E-state index < -0.39 is 0 Å². The molecule has 1 amide bonds. The number of amides is 1. The highest BCUT2D eigenvalue weighted by Gasteiger charge is 2.29. The molecule has 0 bridgehead atoms. The summed E-state index contributed by atoms with van der Waals surface area (Å²) >= 11 is 1.45. The van der Waals surface area contributed by atoms with Crippen molar-refractivity contribution in [3.8, 4) is 22.7 Å². The average molecular weight is 626 g/mol. The number of nitrogens with zero attached hydrogens (tertiary/aromatic N) is 5. The second kappa shape index (κ2) is 13.6. The Hall–Kier alpha value is -4.92. The van der Waals surface area contributed by atoms with E-state index in [9.17, 15) is 4.79 Å². The van der Waals surface area contributed by atoms with Crippen LogP contribution in [0.15, 0.2) is 125 Å². The summed E-state index contributed by atoms with van der Waals surface area (Å²) < 4.78 is 8.02. The molecule has 0 unspecified atom stereocenters. The Morgan fingerprint density at radius 3 is 2.33 bits per heavy atom. The Bertz CT molecular complexity index is 1880. The Morgan fingerprint density at radius 2 is 1.57 bits per heavy atom. The van der Waals surface area contributed by atoms with Gasteiger partial charge in [0.15, 0.2) is 5.17 Å². The fourth-order valence-corrected chi connectivity index (χ4v) is 6.58. The third kappa shape index (κ3) is 6.98. The summed E-state index contributed by atoms with van der Waals surface area (Å²) in [5.41, 5.74) is 7.12. The van der Waals surface area contributed by atoms with Crippen LogP contribution in [-0.4, -0.2) is 56.8 Å². The van der Waals surface area contributed by atoms with Crippen LogP contribution >= 0.6 is 11.8 Å². The van der Waals surface area contributed by atoms with Gasteiger partial charge in [0.05, 0.1) is 10.6 Å². The van der Waals surface area contributed by atoms with E-state index in [0.717, 1.165) is 71.7 Å². The van der Waals surface area contributed by atoms with Gasteiger partial charge >= 0.3 is 0 Å². The van der Waals surface area contributed by atoms with Gasteiger partial charge in [-0.15, -0.1) is 0 Å². The summed E-state index contributed by atoms with van der Waals surface area (Å²) in [5.74, 6) is 0.551. The lowest BCUT2D eigenvalue weighted by atomic mass is 10.1. The van der Waals surface area contributed by atoms with Crippen molar-refractivity contribution in [1.82, 2.24) is 19.6 Å². The predicted octanol–water partition coefficient (Wildman–Crippen LogP) is 7.21. The number of hydrogen-bond donors (Lipinski definition) is 0. The first-order valence-electron chi connectivity index (χ1n) is 15.5. The lowest BCUT2D eigenvalue weighted by Crippen LogP contribution is -2.47. The van der Waals surface area contributed by atoms with Gasteiger partial charge in [-0.2, -0.15) is 10.1 Å². The molecule has 2 aliphatic heterocycles. The van der Waals surface area contributed by atoms with Crippen LogP contribution in [-0.2, 0) is 17.9 Å². The number of benzene rings is 4. The second-order valence-electron chi connectivity index (χ2n) is 11.6. The number of hydrogen-bond acceptors (Lipinski definition) is 6. The molecule has 1 fully saturated rings. The molecule has 0 aliphatic carbocycles. The Morgan fingerprint density at radius 1 is 0.826 bits per heavy atom. The molecular formula is C38H35N5O2S. The summed E-state index contributed by atoms with van der Waals surface area (Å²) in [6.45, 7) is 7.03. The summed E-state index contributed by atoms with van der Waals surface area (Å²) in [5, 5.41) is 5.76. The first-order chi connectivity index (χ1) is 22.6. The van der Waals surface area contributed by atoms with E-state index in [1.165, 1.54) is 22.9 Å². The van der Waals surface area contributed by atoms with Crippen molar-refractivity contribution >= 4 is 28.9 Å². The molecule has 3 heterocycles. The van der Waals surface area contributed by atoms with Crippen molar-refractivity contribution in [3.05, 3.63) is 143 Å². The summed E-state index contributed by atoms with van der Waals surface area (Å²) in [6.07, 6.45) is 3.91.